The second kappa shape index (κ2) is 7.32. The molecule has 0 bridgehead atoms. The molecule has 0 amide bonds. The van der Waals surface area contributed by atoms with Crippen molar-refractivity contribution >= 4 is 33.0 Å². The molecular weight excluding hydrogens is 352 g/mol. The summed E-state index contributed by atoms with van der Waals surface area (Å²) in [5, 5.41) is 2.37. The summed E-state index contributed by atoms with van der Waals surface area (Å²) >= 11 is 7.82. The van der Waals surface area contributed by atoms with Crippen LogP contribution in [0.4, 0.5) is 0 Å². The maximum absolute atomic E-state index is 12.7. The van der Waals surface area contributed by atoms with E-state index in [1.165, 1.54) is 9.18 Å². The Hall–Kier alpha value is -0.920. The van der Waals surface area contributed by atoms with Gasteiger partial charge in [0.05, 0.1) is 5.02 Å². The van der Waals surface area contributed by atoms with E-state index in [9.17, 15) is 8.42 Å². The summed E-state index contributed by atoms with van der Waals surface area (Å²) < 4.78 is 26.9. The molecule has 0 saturated carbocycles. The molecule has 1 fully saturated rings. The third kappa shape index (κ3) is 3.95. The molecule has 1 aromatic heterocycles. The molecule has 4 nitrogen and oxygen atoms in total. The van der Waals surface area contributed by atoms with Crippen LogP contribution in [-0.2, 0) is 16.4 Å². The molecule has 23 heavy (non-hydrogen) atoms. The van der Waals surface area contributed by atoms with Crippen molar-refractivity contribution in [2.45, 2.75) is 11.3 Å². The minimum absolute atomic E-state index is 0.203. The van der Waals surface area contributed by atoms with E-state index in [1.807, 2.05) is 0 Å². The van der Waals surface area contributed by atoms with Gasteiger partial charge in [-0.1, -0.05) is 29.8 Å². The lowest BCUT2D eigenvalue weighted by Gasteiger charge is -2.34. The fourth-order valence-electron chi connectivity index (χ4n) is 2.71. The van der Waals surface area contributed by atoms with Gasteiger partial charge in [0.2, 0.25) is 10.0 Å². The number of hydrogen-bond donors (Lipinski definition) is 0. The SMILES string of the molecule is O=S(=O)(c1ccccc1Cl)N1CCN(CCc2cccs2)CC1. The van der Waals surface area contributed by atoms with E-state index in [2.05, 4.69) is 22.4 Å². The van der Waals surface area contributed by atoms with Crippen LogP contribution in [0.5, 0.6) is 0 Å². The van der Waals surface area contributed by atoms with E-state index < -0.39 is 10.0 Å². The lowest BCUT2D eigenvalue weighted by Crippen LogP contribution is -2.49. The van der Waals surface area contributed by atoms with Crippen LogP contribution in [0.1, 0.15) is 4.88 Å². The Morgan fingerprint density at radius 3 is 2.43 bits per heavy atom. The van der Waals surface area contributed by atoms with Crippen LogP contribution >= 0.6 is 22.9 Å². The van der Waals surface area contributed by atoms with Gasteiger partial charge in [0.1, 0.15) is 4.90 Å². The maximum atomic E-state index is 12.7. The number of benzene rings is 1. The third-order valence-electron chi connectivity index (χ3n) is 4.04. The number of rotatable bonds is 5. The van der Waals surface area contributed by atoms with E-state index >= 15 is 0 Å². The van der Waals surface area contributed by atoms with Crippen molar-refractivity contribution < 1.29 is 8.42 Å². The molecule has 3 rings (SSSR count). The smallest absolute Gasteiger partial charge is 0.244 e. The largest absolute Gasteiger partial charge is 0.300 e. The zero-order chi connectivity index (χ0) is 16.3. The molecule has 0 aliphatic carbocycles. The fraction of sp³-hybridized carbons (Fsp3) is 0.375. The summed E-state index contributed by atoms with van der Waals surface area (Å²) in [5.41, 5.74) is 0. The molecule has 1 aliphatic rings. The van der Waals surface area contributed by atoms with Gasteiger partial charge in [0.25, 0.3) is 0 Å². The van der Waals surface area contributed by atoms with Gasteiger partial charge >= 0.3 is 0 Å². The standard InChI is InChI=1S/C16H19ClN2O2S2/c17-15-5-1-2-6-16(15)23(20,21)19-11-9-18(10-12-19)8-7-14-4-3-13-22-14/h1-6,13H,7-12H2. The Morgan fingerprint density at radius 1 is 1.04 bits per heavy atom. The monoisotopic (exact) mass is 370 g/mol. The number of sulfonamides is 1. The molecule has 124 valence electrons. The lowest BCUT2D eigenvalue weighted by molar-refractivity contribution is 0.190. The summed E-state index contributed by atoms with van der Waals surface area (Å²) in [6.45, 7) is 3.51. The number of halogens is 1. The number of nitrogens with zero attached hydrogens (tertiary/aromatic N) is 2. The highest BCUT2D eigenvalue weighted by Crippen LogP contribution is 2.25. The second-order valence-electron chi connectivity index (χ2n) is 5.51. The maximum Gasteiger partial charge on any atom is 0.244 e. The molecule has 2 aromatic rings. The van der Waals surface area contributed by atoms with Gasteiger partial charge in [-0.15, -0.1) is 11.3 Å². The molecule has 2 heterocycles. The van der Waals surface area contributed by atoms with E-state index in [4.69, 9.17) is 11.6 Å². The normalized spacial score (nSPS) is 17.4. The first-order valence-corrected chi connectivity index (χ1v) is 10.3. The van der Waals surface area contributed by atoms with Crippen molar-refractivity contribution in [1.82, 2.24) is 9.21 Å². The summed E-state index contributed by atoms with van der Waals surface area (Å²) in [6.07, 6.45) is 1.02. The Bertz CT molecular complexity index is 739. The van der Waals surface area contributed by atoms with Gasteiger partial charge in [0.15, 0.2) is 0 Å². The van der Waals surface area contributed by atoms with E-state index in [0.29, 0.717) is 13.1 Å². The summed E-state index contributed by atoms with van der Waals surface area (Å²) in [4.78, 5) is 3.89. The van der Waals surface area contributed by atoms with Crippen molar-refractivity contribution in [1.29, 1.82) is 0 Å². The molecule has 0 unspecified atom stereocenters. The van der Waals surface area contributed by atoms with Crippen LogP contribution in [0.15, 0.2) is 46.7 Å². The Kier molecular flexibility index (Phi) is 5.38. The van der Waals surface area contributed by atoms with Crippen LogP contribution in [0.3, 0.4) is 0 Å². The van der Waals surface area contributed by atoms with Crippen LogP contribution in [0.2, 0.25) is 5.02 Å². The minimum atomic E-state index is -3.50. The van der Waals surface area contributed by atoms with Crippen LogP contribution < -0.4 is 0 Å². The van der Waals surface area contributed by atoms with E-state index in [1.54, 1.807) is 35.6 Å². The van der Waals surface area contributed by atoms with E-state index in [0.717, 1.165) is 26.1 Å². The van der Waals surface area contributed by atoms with Crippen molar-refractivity contribution in [3.63, 3.8) is 0 Å². The zero-order valence-electron chi connectivity index (χ0n) is 12.7. The average Bonchev–Trinajstić information content (AvgIpc) is 3.07. The lowest BCUT2D eigenvalue weighted by atomic mass is 10.3. The Morgan fingerprint density at radius 2 is 1.78 bits per heavy atom. The fourth-order valence-corrected chi connectivity index (χ4v) is 5.32. The van der Waals surface area contributed by atoms with Gasteiger partial charge in [-0.3, -0.25) is 0 Å². The summed E-state index contributed by atoms with van der Waals surface area (Å²) in [5.74, 6) is 0. The van der Waals surface area contributed by atoms with E-state index in [-0.39, 0.29) is 9.92 Å². The van der Waals surface area contributed by atoms with Crippen molar-refractivity contribution in [3.05, 3.63) is 51.7 Å². The van der Waals surface area contributed by atoms with Crippen LogP contribution in [0, 0.1) is 0 Å². The summed E-state index contributed by atoms with van der Waals surface area (Å²) in [7, 11) is -3.50. The molecule has 0 radical (unpaired) electrons. The number of piperazine rings is 1. The van der Waals surface area contributed by atoms with Gasteiger partial charge in [-0.2, -0.15) is 4.31 Å². The predicted octanol–water partition coefficient (Wildman–Crippen LogP) is 2.95. The topological polar surface area (TPSA) is 40.6 Å². The Labute approximate surface area is 146 Å². The van der Waals surface area contributed by atoms with Crippen LogP contribution in [0.25, 0.3) is 0 Å². The van der Waals surface area contributed by atoms with Gasteiger partial charge in [-0.25, -0.2) is 8.42 Å². The van der Waals surface area contributed by atoms with Crippen molar-refractivity contribution in [3.8, 4) is 0 Å². The average molecular weight is 371 g/mol. The minimum Gasteiger partial charge on any atom is -0.300 e. The first-order valence-electron chi connectivity index (χ1n) is 7.57. The van der Waals surface area contributed by atoms with Gasteiger partial charge in [-0.05, 0) is 30.0 Å². The number of thiophene rings is 1. The number of hydrogen-bond acceptors (Lipinski definition) is 4. The Balaban J connectivity index is 1.59. The summed E-state index contributed by atoms with van der Waals surface area (Å²) in [6, 6.07) is 10.8. The highest BCUT2D eigenvalue weighted by molar-refractivity contribution is 7.89. The molecule has 0 spiro atoms. The zero-order valence-corrected chi connectivity index (χ0v) is 15.1. The van der Waals surface area contributed by atoms with Gasteiger partial charge < -0.3 is 4.90 Å². The molecule has 1 aliphatic heterocycles. The van der Waals surface area contributed by atoms with Gasteiger partial charge in [0, 0.05) is 37.6 Å². The third-order valence-corrected chi connectivity index (χ3v) is 7.37. The van der Waals surface area contributed by atoms with Crippen molar-refractivity contribution in [2.24, 2.45) is 0 Å². The van der Waals surface area contributed by atoms with Crippen molar-refractivity contribution in [2.75, 3.05) is 32.7 Å². The highest BCUT2D eigenvalue weighted by atomic mass is 35.5. The highest BCUT2D eigenvalue weighted by Gasteiger charge is 2.29. The predicted molar refractivity (Wildman–Crippen MR) is 94.7 cm³/mol. The van der Waals surface area contributed by atoms with Crippen LogP contribution in [-0.4, -0.2) is 50.3 Å². The molecule has 1 aromatic carbocycles. The first-order chi connectivity index (χ1) is 11.1. The molecule has 1 saturated heterocycles. The molecular formula is C16H19ClN2O2S2. The molecule has 7 heteroatoms. The second-order valence-corrected chi connectivity index (χ2v) is 8.85. The quantitative estimate of drug-likeness (QED) is 0.812. The first kappa shape index (κ1) is 16.9. The molecule has 0 N–H and O–H groups in total. The molecule has 0 atom stereocenters.